The van der Waals surface area contributed by atoms with E-state index in [1.165, 1.54) is 0 Å². The third kappa shape index (κ3) is 6.48. The molecule has 2 saturated heterocycles. The van der Waals surface area contributed by atoms with Crippen LogP contribution in [0.3, 0.4) is 0 Å². The first-order chi connectivity index (χ1) is 12.6. The molecule has 152 valence electrons. The van der Waals surface area contributed by atoms with Gasteiger partial charge in [-0.05, 0) is 37.8 Å². The molecule has 0 spiro atoms. The van der Waals surface area contributed by atoms with Crippen LogP contribution in [0.15, 0.2) is 12.4 Å². The summed E-state index contributed by atoms with van der Waals surface area (Å²) in [4.78, 5) is 26.3. The van der Waals surface area contributed by atoms with Gasteiger partial charge in [0.1, 0.15) is 6.54 Å². The molecule has 1 aromatic heterocycles. The molecule has 1 unspecified atom stereocenters. The number of ether oxygens (including phenoxy) is 1. The van der Waals surface area contributed by atoms with Crippen LogP contribution < -0.4 is 10.6 Å². The maximum atomic E-state index is 12.3. The van der Waals surface area contributed by atoms with Crippen molar-refractivity contribution < 1.29 is 14.3 Å². The number of halogens is 1. The fourth-order valence-electron chi connectivity index (χ4n) is 3.65. The molecule has 2 fully saturated rings. The van der Waals surface area contributed by atoms with E-state index in [0.29, 0.717) is 50.2 Å². The van der Waals surface area contributed by atoms with E-state index in [-0.39, 0.29) is 30.8 Å². The number of aromatic nitrogens is 2. The SMILES string of the molecule is CC(CC(=O)Nc1cnn(CC(=O)N2CCOCC2)c1)C1CCNCC1.Cl. The van der Waals surface area contributed by atoms with Gasteiger partial charge in [-0.25, -0.2) is 0 Å². The molecule has 0 saturated carbocycles. The molecule has 0 aliphatic carbocycles. The summed E-state index contributed by atoms with van der Waals surface area (Å²) in [6.07, 6.45) is 6.10. The molecule has 8 nitrogen and oxygen atoms in total. The normalized spacial score (nSPS) is 19.2. The molecule has 2 aliphatic rings. The number of hydrogen-bond donors (Lipinski definition) is 2. The van der Waals surface area contributed by atoms with Crippen molar-refractivity contribution in [2.75, 3.05) is 44.7 Å². The Bertz CT molecular complexity index is 612. The van der Waals surface area contributed by atoms with E-state index in [1.807, 2.05) is 0 Å². The zero-order valence-electron chi connectivity index (χ0n) is 15.9. The zero-order valence-corrected chi connectivity index (χ0v) is 16.7. The molecule has 2 N–H and O–H groups in total. The summed E-state index contributed by atoms with van der Waals surface area (Å²) in [6.45, 7) is 6.84. The number of anilines is 1. The first-order valence-corrected chi connectivity index (χ1v) is 9.50. The monoisotopic (exact) mass is 399 g/mol. The van der Waals surface area contributed by atoms with Gasteiger partial charge in [-0.15, -0.1) is 12.4 Å². The van der Waals surface area contributed by atoms with Gasteiger partial charge in [-0.1, -0.05) is 6.92 Å². The standard InChI is InChI=1S/C18H29N5O3.ClH/c1-14(15-2-4-19-5-3-15)10-17(24)21-16-11-20-23(12-16)13-18(25)22-6-8-26-9-7-22;/h11-12,14-15,19H,2-10,13H2,1H3,(H,21,24);1H. The van der Waals surface area contributed by atoms with Crippen LogP contribution in [0.2, 0.25) is 0 Å². The van der Waals surface area contributed by atoms with Gasteiger partial charge in [0.05, 0.1) is 25.1 Å². The van der Waals surface area contributed by atoms with E-state index in [1.54, 1.807) is 22.0 Å². The minimum absolute atomic E-state index is 0. The van der Waals surface area contributed by atoms with Crippen molar-refractivity contribution in [3.05, 3.63) is 12.4 Å². The number of nitrogens with zero attached hydrogens (tertiary/aromatic N) is 3. The molecule has 2 aliphatic heterocycles. The highest BCUT2D eigenvalue weighted by Gasteiger charge is 2.22. The van der Waals surface area contributed by atoms with Crippen molar-refractivity contribution in [3.8, 4) is 0 Å². The second-order valence-electron chi connectivity index (χ2n) is 7.24. The van der Waals surface area contributed by atoms with Crippen LogP contribution >= 0.6 is 12.4 Å². The van der Waals surface area contributed by atoms with E-state index >= 15 is 0 Å². The predicted octanol–water partition coefficient (Wildman–Crippen LogP) is 1.13. The van der Waals surface area contributed by atoms with Gasteiger partial charge in [-0.3, -0.25) is 14.3 Å². The lowest BCUT2D eigenvalue weighted by Crippen LogP contribution is -2.42. The smallest absolute Gasteiger partial charge is 0.244 e. The molecular formula is C18H30ClN5O3. The molecule has 27 heavy (non-hydrogen) atoms. The highest BCUT2D eigenvalue weighted by atomic mass is 35.5. The number of carbonyl (C=O) groups excluding carboxylic acids is 2. The molecule has 3 rings (SSSR count). The average Bonchev–Trinajstić information content (AvgIpc) is 3.09. The van der Waals surface area contributed by atoms with Crippen molar-refractivity contribution in [2.24, 2.45) is 11.8 Å². The minimum atomic E-state index is 0. The fraction of sp³-hybridized carbons (Fsp3) is 0.722. The van der Waals surface area contributed by atoms with Gasteiger partial charge in [-0.2, -0.15) is 5.10 Å². The predicted molar refractivity (Wildman–Crippen MR) is 105 cm³/mol. The third-order valence-electron chi connectivity index (χ3n) is 5.27. The Hall–Kier alpha value is -1.64. The second-order valence-corrected chi connectivity index (χ2v) is 7.24. The number of piperidine rings is 1. The molecule has 0 radical (unpaired) electrons. The summed E-state index contributed by atoms with van der Waals surface area (Å²) in [5, 5.41) is 10.4. The highest BCUT2D eigenvalue weighted by Crippen LogP contribution is 2.24. The lowest BCUT2D eigenvalue weighted by atomic mass is 9.84. The largest absolute Gasteiger partial charge is 0.378 e. The Morgan fingerprint density at radius 2 is 2.04 bits per heavy atom. The Kier molecular flexibility index (Phi) is 8.53. The van der Waals surface area contributed by atoms with Crippen LogP contribution in [-0.2, 0) is 20.9 Å². The number of carbonyl (C=O) groups is 2. The molecule has 3 heterocycles. The number of rotatable bonds is 6. The van der Waals surface area contributed by atoms with E-state index in [0.717, 1.165) is 25.9 Å². The van der Waals surface area contributed by atoms with Gasteiger partial charge in [0.2, 0.25) is 11.8 Å². The number of amides is 2. The Morgan fingerprint density at radius 1 is 1.33 bits per heavy atom. The van der Waals surface area contributed by atoms with Crippen LogP contribution in [0.5, 0.6) is 0 Å². The first-order valence-electron chi connectivity index (χ1n) is 9.50. The van der Waals surface area contributed by atoms with E-state index in [9.17, 15) is 9.59 Å². The Morgan fingerprint density at radius 3 is 2.74 bits per heavy atom. The van der Waals surface area contributed by atoms with Gasteiger partial charge >= 0.3 is 0 Å². The first kappa shape index (κ1) is 21.7. The van der Waals surface area contributed by atoms with Crippen molar-refractivity contribution in [3.63, 3.8) is 0 Å². The van der Waals surface area contributed by atoms with Crippen LogP contribution in [-0.4, -0.2) is 65.9 Å². The summed E-state index contributed by atoms with van der Waals surface area (Å²) in [6, 6.07) is 0. The van der Waals surface area contributed by atoms with Gasteiger partial charge in [0.25, 0.3) is 0 Å². The van der Waals surface area contributed by atoms with Crippen LogP contribution in [0.4, 0.5) is 5.69 Å². The maximum absolute atomic E-state index is 12.3. The number of nitrogens with one attached hydrogen (secondary N) is 2. The minimum Gasteiger partial charge on any atom is -0.378 e. The van der Waals surface area contributed by atoms with E-state index in [2.05, 4.69) is 22.7 Å². The molecular weight excluding hydrogens is 370 g/mol. The van der Waals surface area contributed by atoms with Crippen molar-refractivity contribution >= 4 is 29.9 Å². The Balaban J connectivity index is 0.00000261. The molecule has 0 aromatic carbocycles. The van der Waals surface area contributed by atoms with Gasteiger partial charge in [0.15, 0.2) is 0 Å². The summed E-state index contributed by atoms with van der Waals surface area (Å²) in [7, 11) is 0. The van der Waals surface area contributed by atoms with Crippen LogP contribution in [0, 0.1) is 11.8 Å². The molecule has 2 amide bonds. The van der Waals surface area contributed by atoms with Crippen molar-refractivity contribution in [2.45, 2.75) is 32.7 Å². The topological polar surface area (TPSA) is 88.5 Å². The zero-order chi connectivity index (χ0) is 18.4. The number of hydrogen-bond acceptors (Lipinski definition) is 5. The lowest BCUT2D eigenvalue weighted by molar-refractivity contribution is -0.136. The maximum Gasteiger partial charge on any atom is 0.244 e. The quantitative estimate of drug-likeness (QED) is 0.748. The van der Waals surface area contributed by atoms with E-state index in [4.69, 9.17) is 4.74 Å². The second kappa shape index (κ2) is 10.6. The third-order valence-corrected chi connectivity index (χ3v) is 5.27. The highest BCUT2D eigenvalue weighted by molar-refractivity contribution is 5.90. The Labute approximate surface area is 166 Å². The molecule has 1 aromatic rings. The van der Waals surface area contributed by atoms with E-state index < -0.39 is 0 Å². The summed E-state index contributed by atoms with van der Waals surface area (Å²) >= 11 is 0. The molecule has 9 heteroatoms. The fourth-order valence-corrected chi connectivity index (χ4v) is 3.65. The number of morpholine rings is 1. The van der Waals surface area contributed by atoms with Crippen molar-refractivity contribution in [1.82, 2.24) is 20.0 Å². The molecule has 0 bridgehead atoms. The van der Waals surface area contributed by atoms with Crippen LogP contribution in [0.25, 0.3) is 0 Å². The van der Waals surface area contributed by atoms with Crippen molar-refractivity contribution in [1.29, 1.82) is 0 Å². The average molecular weight is 400 g/mol. The summed E-state index contributed by atoms with van der Waals surface area (Å²) in [5.74, 6) is 1.01. The van der Waals surface area contributed by atoms with Gasteiger partial charge in [0, 0.05) is 25.7 Å². The summed E-state index contributed by atoms with van der Waals surface area (Å²) < 4.78 is 6.83. The molecule has 1 atom stereocenters. The van der Waals surface area contributed by atoms with Crippen LogP contribution in [0.1, 0.15) is 26.2 Å². The van der Waals surface area contributed by atoms with Gasteiger partial charge < -0.3 is 20.3 Å². The lowest BCUT2D eigenvalue weighted by Gasteiger charge is -2.27. The summed E-state index contributed by atoms with van der Waals surface area (Å²) in [5.41, 5.74) is 0.641.